The summed E-state index contributed by atoms with van der Waals surface area (Å²) in [5.41, 5.74) is 21.1. The number of hydrogen-bond acceptors (Lipinski definition) is 20. The molecule has 0 bridgehead atoms. The maximum absolute atomic E-state index is 14.6. The highest BCUT2D eigenvalue weighted by Crippen LogP contribution is 2.39. The molecule has 0 aliphatic heterocycles. The van der Waals surface area contributed by atoms with E-state index in [0.29, 0.717) is 48.5 Å². The lowest BCUT2D eigenvalue weighted by molar-refractivity contribution is 0.0691. The number of nitrogens with one attached hydrogen (secondary N) is 1. The smallest absolute Gasteiger partial charge is 0.358 e. The third-order valence-electron chi connectivity index (χ3n) is 13.6. The second-order valence-electron chi connectivity index (χ2n) is 21.4. The molecule has 0 spiro atoms. The number of carboxylic acids is 1. The number of imidazole rings is 2. The molecule has 4 aromatic carbocycles. The zero-order valence-electron chi connectivity index (χ0n) is 51.6. The molecule has 0 fully saturated rings. The number of aromatic nitrogens is 10. The monoisotopic (exact) mass is 1420 g/mol. The zero-order valence-corrected chi connectivity index (χ0v) is 55.8. The number of anilines is 2. The van der Waals surface area contributed by atoms with Crippen molar-refractivity contribution in [3.63, 3.8) is 0 Å². The lowest BCUT2D eigenvalue weighted by atomic mass is 10.1. The first kappa shape index (κ1) is 71.1. The number of aromatic carboxylic acids is 1. The number of carboxylic acid groups (broad SMARTS) is 1. The first-order chi connectivity index (χ1) is 45.5. The summed E-state index contributed by atoms with van der Waals surface area (Å²) in [7, 11) is -7.77. The Morgan fingerprint density at radius 1 is 0.562 bits per heavy atom. The quantitative estimate of drug-likeness (QED) is 0.0560. The summed E-state index contributed by atoms with van der Waals surface area (Å²) < 4.78 is 104. The normalized spacial score (nSPS) is 11.1. The molecule has 24 nitrogen and oxygen atoms in total. The highest BCUT2D eigenvalue weighted by molar-refractivity contribution is 9.10. The van der Waals surface area contributed by atoms with Crippen LogP contribution in [0.15, 0.2) is 172 Å². The van der Waals surface area contributed by atoms with Crippen molar-refractivity contribution in [2.24, 2.45) is 5.73 Å². The van der Waals surface area contributed by atoms with E-state index in [4.69, 9.17) is 36.6 Å². The number of halogens is 5. The molecule has 490 valence electrons. The summed E-state index contributed by atoms with van der Waals surface area (Å²) in [6.07, 6.45) is 16.1. The van der Waals surface area contributed by atoms with Crippen molar-refractivity contribution in [3.05, 3.63) is 221 Å². The Labute approximate surface area is 553 Å². The fraction of sp³-hybridized carbons (Fsp3) is 0.125. The number of fused-ring (bicyclic) bond motifs is 2. The van der Waals surface area contributed by atoms with Crippen LogP contribution in [0.2, 0.25) is 0 Å². The van der Waals surface area contributed by atoms with Gasteiger partial charge < -0.3 is 59.0 Å². The molecule has 0 aliphatic rings. The number of carbonyl (C=O) groups excluding carboxylic acids is 1. The van der Waals surface area contributed by atoms with Gasteiger partial charge in [-0.2, -0.15) is 10.5 Å². The van der Waals surface area contributed by atoms with Gasteiger partial charge in [0.05, 0.1) is 18.0 Å². The Kier molecular flexibility index (Phi) is 22.6. The van der Waals surface area contributed by atoms with Crippen molar-refractivity contribution in [3.8, 4) is 57.8 Å². The number of carbonyl (C=O) groups is 2. The van der Waals surface area contributed by atoms with Gasteiger partial charge in [-0.05, 0) is 117 Å². The molecular formula is C64H56BrF4N16O8P3. The standard InChI is InChI=1S/C24H21FN7O3P.C15H10N6O3.C9H13FNOP.C9H9FNOP.C7H3BrFN/c1-36(2,34)17-5-3-4-16(25)15(17)12-29-23(33)21-22(26)31-20(24-28-9-11-35-24)19(30-21)14-6-7-18-27-8-10-32(18)13-14;16-13-12(15(22)23)19-10(11(20-13)14-18-4-6-24-14)8-1-2-9-17-3-5-21(9)7-8;2*1-13(2,12)9-5-3-4-8(10)7(9)6-11;8-6-2-1-3-7(9)5(6)4-10/h3-11,13H,12H2,1-2H3,(H2,26,31)(H,29,33);1-7H,(H2,16,20)(H,22,23);3-5H,6,11H2,1-2H3;3-5H,1-2H3;1-3H. The van der Waals surface area contributed by atoms with E-state index in [2.05, 4.69) is 61.1 Å². The van der Waals surface area contributed by atoms with E-state index < -0.39 is 50.8 Å². The van der Waals surface area contributed by atoms with Crippen LogP contribution in [0.1, 0.15) is 43.2 Å². The largest absolute Gasteiger partial charge is 0.476 e. The number of nitriles is 2. The number of oxazole rings is 2. The van der Waals surface area contributed by atoms with Gasteiger partial charge in [-0.15, -0.1) is 0 Å². The van der Waals surface area contributed by atoms with E-state index in [0.717, 1.165) is 11.3 Å². The van der Waals surface area contributed by atoms with Gasteiger partial charge in [0.15, 0.2) is 34.4 Å². The average molecular weight is 1430 g/mol. The van der Waals surface area contributed by atoms with Gasteiger partial charge in [-0.25, -0.2) is 62.2 Å². The molecule has 12 aromatic rings. The van der Waals surface area contributed by atoms with Crippen LogP contribution in [0, 0.1) is 45.9 Å². The lowest BCUT2D eigenvalue weighted by Crippen LogP contribution is -2.29. The Balaban J connectivity index is 0.000000168. The molecule has 8 N–H and O–H groups in total. The van der Waals surface area contributed by atoms with E-state index in [1.165, 1.54) is 80.7 Å². The molecule has 0 saturated carbocycles. The molecule has 8 aromatic heterocycles. The molecule has 96 heavy (non-hydrogen) atoms. The van der Waals surface area contributed by atoms with Gasteiger partial charge in [0.25, 0.3) is 5.91 Å². The van der Waals surface area contributed by atoms with Gasteiger partial charge >= 0.3 is 5.97 Å². The Morgan fingerprint density at radius 3 is 1.40 bits per heavy atom. The predicted molar refractivity (Wildman–Crippen MR) is 358 cm³/mol. The predicted octanol–water partition coefficient (Wildman–Crippen LogP) is 11.0. The maximum Gasteiger partial charge on any atom is 0.358 e. The van der Waals surface area contributed by atoms with Crippen LogP contribution in [0.25, 0.3) is 57.0 Å². The Morgan fingerprint density at radius 2 is 0.990 bits per heavy atom. The van der Waals surface area contributed by atoms with Gasteiger partial charge in [0.2, 0.25) is 11.8 Å². The van der Waals surface area contributed by atoms with Crippen molar-refractivity contribution in [1.29, 1.82) is 10.5 Å². The number of pyridine rings is 2. The third-order valence-corrected chi connectivity index (χ3v) is 18.9. The van der Waals surface area contributed by atoms with Crippen molar-refractivity contribution in [1.82, 2.24) is 54.0 Å². The van der Waals surface area contributed by atoms with E-state index in [1.807, 2.05) is 0 Å². The maximum atomic E-state index is 14.6. The van der Waals surface area contributed by atoms with Crippen LogP contribution in [0.3, 0.4) is 0 Å². The van der Waals surface area contributed by atoms with Crippen molar-refractivity contribution in [2.75, 3.05) is 51.5 Å². The second kappa shape index (κ2) is 30.5. The third kappa shape index (κ3) is 16.9. The van der Waals surface area contributed by atoms with E-state index in [9.17, 15) is 46.0 Å². The lowest BCUT2D eigenvalue weighted by Gasteiger charge is -2.15. The SMILES string of the molecule is CP(C)(=O)c1cccc(F)c1C#N.CP(C)(=O)c1cccc(F)c1CN.CP(C)(=O)c1cccc(F)c1CNC(=O)c1nc(-c2ccc3nccn3c2)c(-c2ncco2)nc1N.N#Cc1c(F)cccc1Br.Nc1nc(-c2ncco2)c(-c2ccc3nccn3c2)nc1C(=O)O. The minimum absolute atomic E-state index is 0.0579. The molecule has 8 heterocycles. The summed E-state index contributed by atoms with van der Waals surface area (Å²) in [5, 5.41) is 30.1. The Bertz CT molecular complexity index is 5080. The highest BCUT2D eigenvalue weighted by atomic mass is 79.9. The summed E-state index contributed by atoms with van der Waals surface area (Å²) >= 11 is 3.04. The topological polar surface area (TPSA) is 381 Å². The number of nitrogens with two attached hydrogens (primary N) is 3. The van der Waals surface area contributed by atoms with Crippen LogP contribution in [0.4, 0.5) is 29.2 Å². The number of hydrogen-bond donors (Lipinski definition) is 5. The summed E-state index contributed by atoms with van der Waals surface area (Å²) in [5.74, 6) is -3.94. The van der Waals surface area contributed by atoms with E-state index in [1.54, 1.807) is 139 Å². The van der Waals surface area contributed by atoms with Gasteiger partial charge in [0.1, 0.15) is 97.6 Å². The molecular weight excluding hydrogens is 1370 g/mol. The zero-order chi connectivity index (χ0) is 69.8. The van der Waals surface area contributed by atoms with E-state index in [-0.39, 0.29) is 81.8 Å². The van der Waals surface area contributed by atoms with Gasteiger partial charge in [0, 0.05) is 92.9 Å². The fourth-order valence-electron chi connectivity index (χ4n) is 9.13. The minimum atomic E-state index is -2.79. The molecule has 0 atom stereocenters. The molecule has 1 amide bonds. The molecule has 0 saturated heterocycles. The number of rotatable bonds is 12. The van der Waals surface area contributed by atoms with Crippen LogP contribution < -0.4 is 38.4 Å². The first-order valence-electron chi connectivity index (χ1n) is 28.0. The first-order valence-corrected chi connectivity index (χ1v) is 36.6. The minimum Gasteiger partial charge on any atom is -0.476 e. The van der Waals surface area contributed by atoms with Crippen molar-refractivity contribution in [2.45, 2.75) is 13.1 Å². The molecule has 32 heteroatoms. The van der Waals surface area contributed by atoms with Gasteiger partial charge in [-0.1, -0.05) is 36.4 Å². The number of nitrogen functional groups attached to an aromatic ring is 2. The number of amides is 1. The average Bonchev–Trinajstić information content (AvgIpc) is 1.43. The van der Waals surface area contributed by atoms with Crippen LogP contribution in [-0.4, -0.2) is 106 Å². The Hall–Kier alpha value is -10.8. The molecule has 0 unspecified atom stereocenters. The molecule has 12 rings (SSSR count). The van der Waals surface area contributed by atoms with Crippen molar-refractivity contribution < 1.29 is 54.8 Å². The van der Waals surface area contributed by atoms with Crippen LogP contribution >= 0.6 is 37.4 Å². The summed E-state index contributed by atoms with van der Waals surface area (Å²) in [6.45, 7) is 9.23. The number of nitrogens with zero attached hydrogens (tertiary/aromatic N) is 12. The fourth-order valence-corrected chi connectivity index (χ4v) is 13.3. The highest BCUT2D eigenvalue weighted by Gasteiger charge is 2.26. The van der Waals surface area contributed by atoms with Gasteiger partial charge in [-0.3, -0.25) is 4.79 Å². The number of benzene rings is 4. The van der Waals surface area contributed by atoms with Crippen LogP contribution in [0.5, 0.6) is 0 Å². The second-order valence-corrected chi connectivity index (χ2v) is 31.8. The van der Waals surface area contributed by atoms with Crippen LogP contribution in [-0.2, 0) is 26.8 Å². The molecule has 0 aliphatic carbocycles. The summed E-state index contributed by atoms with van der Waals surface area (Å²) in [4.78, 5) is 58.2. The van der Waals surface area contributed by atoms with Crippen molar-refractivity contribution >= 4 is 88.1 Å². The summed E-state index contributed by atoms with van der Waals surface area (Å²) in [6, 6.07) is 28.1. The molecule has 0 radical (unpaired) electrons. The van der Waals surface area contributed by atoms with E-state index >= 15 is 0 Å².